The Morgan fingerprint density at radius 1 is 0.969 bits per heavy atom. The topological polar surface area (TPSA) is 84.0 Å². The van der Waals surface area contributed by atoms with Gasteiger partial charge >= 0.3 is 0 Å². The van der Waals surface area contributed by atoms with Gasteiger partial charge in [-0.25, -0.2) is 0 Å². The summed E-state index contributed by atoms with van der Waals surface area (Å²) < 4.78 is 10.6. The van der Waals surface area contributed by atoms with Crippen LogP contribution in [0.4, 0.5) is 5.69 Å². The van der Waals surface area contributed by atoms with Crippen LogP contribution in [0.3, 0.4) is 0 Å². The van der Waals surface area contributed by atoms with E-state index in [4.69, 9.17) is 9.47 Å². The first kappa shape index (κ1) is 25.8. The normalized spacial score (nSPS) is 13.8. The largest absolute Gasteiger partial charge is 0.493 e. The lowest BCUT2D eigenvalue weighted by Crippen LogP contribution is -2.36. The highest BCUT2D eigenvalue weighted by molar-refractivity contribution is 14.0. The third-order valence-corrected chi connectivity index (χ3v) is 5.51. The number of hydrogen-bond acceptors (Lipinski definition) is 4. The summed E-state index contributed by atoms with van der Waals surface area (Å²) in [5.41, 5.74) is 2.96. The summed E-state index contributed by atoms with van der Waals surface area (Å²) in [5, 5.41) is 9.67. The van der Waals surface area contributed by atoms with E-state index in [-0.39, 0.29) is 35.8 Å². The van der Waals surface area contributed by atoms with Gasteiger partial charge in [0.2, 0.25) is 5.91 Å². The Morgan fingerprint density at radius 2 is 1.62 bits per heavy atom. The first-order valence-corrected chi connectivity index (χ1v) is 10.7. The van der Waals surface area contributed by atoms with E-state index in [9.17, 15) is 4.79 Å². The molecule has 1 aliphatic rings. The zero-order chi connectivity index (χ0) is 22.1. The van der Waals surface area contributed by atoms with Gasteiger partial charge in [0.1, 0.15) is 0 Å². The summed E-state index contributed by atoms with van der Waals surface area (Å²) in [4.78, 5) is 16.7. The van der Waals surface area contributed by atoms with Crippen molar-refractivity contribution >= 4 is 41.5 Å². The Kier molecular flexibility index (Phi) is 10.6. The van der Waals surface area contributed by atoms with Gasteiger partial charge in [0, 0.05) is 31.7 Å². The molecule has 2 aromatic carbocycles. The number of hydrogen-bond donors (Lipinski definition) is 3. The highest BCUT2D eigenvalue weighted by Gasteiger charge is 2.22. The number of benzene rings is 2. The monoisotopic (exact) mass is 552 g/mol. The minimum absolute atomic E-state index is 0. The van der Waals surface area contributed by atoms with Gasteiger partial charge in [0.15, 0.2) is 17.5 Å². The number of halogens is 1. The molecule has 7 nitrogen and oxygen atoms in total. The molecule has 3 rings (SSSR count). The van der Waals surface area contributed by atoms with Crippen molar-refractivity contribution in [2.45, 2.75) is 38.8 Å². The standard InChI is InChI=1S/C24H32N4O3.HI/c1-25-24(27-16-18-11-12-21(30-2)22(14-18)31-3)26-15-17-7-6-10-20(13-17)28-23(29)19-8-4-5-9-19;/h6-7,10-14,19H,4-5,8-9,15-16H2,1-3H3,(H,28,29)(H2,25,26,27);1H. The van der Waals surface area contributed by atoms with Crippen molar-refractivity contribution in [2.24, 2.45) is 10.9 Å². The van der Waals surface area contributed by atoms with Crippen molar-refractivity contribution < 1.29 is 14.3 Å². The van der Waals surface area contributed by atoms with Gasteiger partial charge in [-0.1, -0.05) is 31.0 Å². The van der Waals surface area contributed by atoms with Gasteiger partial charge in [0.25, 0.3) is 0 Å². The molecule has 0 bridgehead atoms. The number of amides is 1. The average Bonchev–Trinajstić information content (AvgIpc) is 3.34. The lowest BCUT2D eigenvalue weighted by Gasteiger charge is -2.14. The van der Waals surface area contributed by atoms with E-state index < -0.39 is 0 Å². The second-order valence-electron chi connectivity index (χ2n) is 7.64. The molecule has 0 unspecified atom stereocenters. The van der Waals surface area contributed by atoms with Crippen molar-refractivity contribution in [3.63, 3.8) is 0 Å². The molecule has 0 radical (unpaired) electrons. The zero-order valence-corrected chi connectivity index (χ0v) is 21.3. The van der Waals surface area contributed by atoms with E-state index in [1.54, 1.807) is 21.3 Å². The van der Waals surface area contributed by atoms with Gasteiger partial charge in [0.05, 0.1) is 14.2 Å². The number of aliphatic imine (C=N–C) groups is 1. The van der Waals surface area contributed by atoms with Crippen molar-refractivity contribution in [3.05, 3.63) is 53.6 Å². The maximum Gasteiger partial charge on any atom is 0.227 e. The van der Waals surface area contributed by atoms with E-state index in [1.807, 2.05) is 42.5 Å². The number of carbonyl (C=O) groups is 1. The quantitative estimate of drug-likeness (QED) is 0.258. The summed E-state index contributed by atoms with van der Waals surface area (Å²) in [6.07, 6.45) is 4.29. The van der Waals surface area contributed by atoms with Crippen molar-refractivity contribution in [1.29, 1.82) is 0 Å². The minimum atomic E-state index is 0. The number of rotatable bonds is 8. The molecule has 0 spiro atoms. The number of anilines is 1. The molecule has 3 N–H and O–H groups in total. The molecule has 1 fully saturated rings. The van der Waals surface area contributed by atoms with Crippen LogP contribution in [0.15, 0.2) is 47.5 Å². The fourth-order valence-corrected chi connectivity index (χ4v) is 3.77. The Morgan fingerprint density at radius 3 is 2.25 bits per heavy atom. The number of carbonyl (C=O) groups excluding carboxylic acids is 1. The van der Waals surface area contributed by atoms with Crippen LogP contribution in [0.25, 0.3) is 0 Å². The van der Waals surface area contributed by atoms with Crippen LogP contribution >= 0.6 is 24.0 Å². The van der Waals surface area contributed by atoms with Gasteiger partial charge in [-0.2, -0.15) is 0 Å². The van der Waals surface area contributed by atoms with Crippen molar-refractivity contribution in [2.75, 3.05) is 26.6 Å². The molecule has 0 aliphatic heterocycles. The van der Waals surface area contributed by atoms with Gasteiger partial charge < -0.3 is 25.4 Å². The van der Waals surface area contributed by atoms with E-state index in [1.165, 1.54) is 0 Å². The zero-order valence-electron chi connectivity index (χ0n) is 18.9. The van der Waals surface area contributed by atoms with Crippen LogP contribution in [0, 0.1) is 5.92 Å². The Bertz CT molecular complexity index is 914. The minimum Gasteiger partial charge on any atom is -0.493 e. The van der Waals surface area contributed by atoms with Crippen LogP contribution in [-0.4, -0.2) is 33.1 Å². The van der Waals surface area contributed by atoms with Crippen LogP contribution in [0.5, 0.6) is 11.5 Å². The molecule has 0 aromatic heterocycles. The van der Waals surface area contributed by atoms with Crippen molar-refractivity contribution in [3.8, 4) is 11.5 Å². The molecule has 1 amide bonds. The molecule has 174 valence electrons. The summed E-state index contributed by atoms with van der Waals surface area (Å²) in [6.45, 7) is 1.19. The number of ether oxygens (including phenoxy) is 2. The first-order valence-electron chi connectivity index (χ1n) is 10.7. The van der Waals surface area contributed by atoms with E-state index in [2.05, 4.69) is 20.9 Å². The molecule has 0 saturated heterocycles. The predicted octanol–water partition coefficient (Wildman–Crippen LogP) is 4.32. The van der Waals surface area contributed by atoms with Crippen LogP contribution in [-0.2, 0) is 17.9 Å². The molecule has 1 aliphatic carbocycles. The second kappa shape index (κ2) is 13.1. The second-order valence-corrected chi connectivity index (χ2v) is 7.64. The smallest absolute Gasteiger partial charge is 0.227 e. The summed E-state index contributed by atoms with van der Waals surface area (Å²) in [5.74, 6) is 2.38. The first-order chi connectivity index (χ1) is 15.1. The summed E-state index contributed by atoms with van der Waals surface area (Å²) in [7, 11) is 4.98. The maximum absolute atomic E-state index is 12.4. The SMILES string of the molecule is CN=C(NCc1cccc(NC(=O)C2CCCC2)c1)NCc1ccc(OC)c(OC)c1.I. The molecule has 32 heavy (non-hydrogen) atoms. The molecular weight excluding hydrogens is 519 g/mol. The van der Waals surface area contributed by atoms with Crippen LogP contribution in [0.2, 0.25) is 0 Å². The molecule has 1 saturated carbocycles. The van der Waals surface area contributed by atoms with E-state index in [0.29, 0.717) is 30.5 Å². The molecule has 8 heteroatoms. The van der Waals surface area contributed by atoms with Crippen LogP contribution < -0.4 is 25.4 Å². The lowest BCUT2D eigenvalue weighted by molar-refractivity contribution is -0.119. The predicted molar refractivity (Wildman–Crippen MR) is 139 cm³/mol. The molecule has 2 aromatic rings. The maximum atomic E-state index is 12.4. The van der Waals surface area contributed by atoms with Crippen molar-refractivity contribution in [1.82, 2.24) is 10.6 Å². The Labute approximate surface area is 207 Å². The highest BCUT2D eigenvalue weighted by Crippen LogP contribution is 2.27. The number of guanidine groups is 1. The molecular formula is C24H33IN4O3. The Balaban J connectivity index is 0.00000363. The number of nitrogens with zero attached hydrogens (tertiary/aromatic N) is 1. The van der Waals surface area contributed by atoms with E-state index >= 15 is 0 Å². The average molecular weight is 552 g/mol. The number of methoxy groups -OCH3 is 2. The van der Waals surface area contributed by atoms with Crippen LogP contribution in [0.1, 0.15) is 36.8 Å². The fraction of sp³-hybridized carbons (Fsp3) is 0.417. The van der Waals surface area contributed by atoms with Gasteiger partial charge in [-0.3, -0.25) is 9.79 Å². The third kappa shape index (κ3) is 7.29. The van der Waals surface area contributed by atoms with Gasteiger partial charge in [-0.15, -0.1) is 24.0 Å². The lowest BCUT2D eigenvalue weighted by atomic mass is 10.1. The molecule has 0 atom stereocenters. The summed E-state index contributed by atoms with van der Waals surface area (Å²) >= 11 is 0. The highest BCUT2D eigenvalue weighted by atomic mass is 127. The fourth-order valence-electron chi connectivity index (χ4n) is 3.77. The van der Waals surface area contributed by atoms with Gasteiger partial charge in [-0.05, 0) is 48.2 Å². The molecule has 0 heterocycles. The third-order valence-electron chi connectivity index (χ3n) is 5.51. The number of nitrogens with one attached hydrogen (secondary N) is 3. The summed E-state index contributed by atoms with van der Waals surface area (Å²) in [6, 6.07) is 13.7. The van der Waals surface area contributed by atoms with E-state index in [0.717, 1.165) is 42.5 Å². The Hall–Kier alpha value is -2.49.